The molecule has 0 heterocycles. The van der Waals surface area contributed by atoms with Crippen LogP contribution in [-0.2, 0) is 4.79 Å². The lowest BCUT2D eigenvalue weighted by atomic mass is 10.1. The molecule has 0 fully saturated rings. The van der Waals surface area contributed by atoms with Gasteiger partial charge in [0.25, 0.3) is 5.91 Å². The number of alkyl halides is 1. The predicted molar refractivity (Wildman–Crippen MR) is 43.7 cm³/mol. The minimum absolute atomic E-state index is 0.320. The van der Waals surface area contributed by atoms with Crippen LogP contribution in [0.25, 0.3) is 0 Å². The summed E-state index contributed by atoms with van der Waals surface area (Å²) in [7, 11) is 0. The number of hydrogen-bond donors (Lipinski definition) is 2. The summed E-state index contributed by atoms with van der Waals surface area (Å²) < 4.78 is 0. The first-order valence-corrected chi connectivity index (χ1v) is 3.75. The van der Waals surface area contributed by atoms with Gasteiger partial charge in [-0.3, -0.25) is 10.0 Å². The van der Waals surface area contributed by atoms with E-state index in [1.54, 1.807) is 0 Å². The molecule has 0 saturated heterocycles. The lowest BCUT2D eigenvalue weighted by Gasteiger charge is -2.28. The van der Waals surface area contributed by atoms with Gasteiger partial charge in [-0.1, -0.05) is 5.16 Å². The largest absolute Gasteiger partial charge is 0.411 e. The Balaban J connectivity index is 4.44. The summed E-state index contributed by atoms with van der Waals surface area (Å²) in [5.74, 6) is -0.972. The zero-order chi connectivity index (χ0) is 9.78. The van der Waals surface area contributed by atoms with Crippen molar-refractivity contribution in [3.63, 3.8) is 0 Å². The second-order valence-electron chi connectivity index (χ2n) is 2.74. The van der Waals surface area contributed by atoms with Crippen LogP contribution < -0.4 is 0 Å². The Morgan fingerprint density at radius 3 is 2.58 bits per heavy atom. The molecular formula is C6H11ClN2O3. The van der Waals surface area contributed by atoms with Crippen LogP contribution >= 0.6 is 11.6 Å². The minimum Gasteiger partial charge on any atom is -0.411 e. The van der Waals surface area contributed by atoms with Crippen LogP contribution in [0.5, 0.6) is 0 Å². The van der Waals surface area contributed by atoms with E-state index in [1.807, 2.05) is 0 Å². The summed E-state index contributed by atoms with van der Waals surface area (Å²) in [6.45, 7) is 2.99. The zero-order valence-corrected chi connectivity index (χ0v) is 7.62. The van der Waals surface area contributed by atoms with E-state index in [2.05, 4.69) is 5.16 Å². The van der Waals surface area contributed by atoms with Gasteiger partial charge < -0.3 is 5.21 Å². The van der Waals surface area contributed by atoms with E-state index >= 15 is 0 Å². The highest BCUT2D eigenvalue weighted by atomic mass is 35.5. The summed E-state index contributed by atoms with van der Waals surface area (Å²) in [6, 6.07) is 0. The highest BCUT2D eigenvalue weighted by Gasteiger charge is 2.27. The SMILES string of the molecule is CC(C)(C=NO)N(O)C(=O)CCl. The number of hydroxylamine groups is 2. The number of rotatable bonds is 3. The van der Waals surface area contributed by atoms with Crippen LogP contribution in [0, 0.1) is 0 Å². The molecule has 0 radical (unpaired) electrons. The van der Waals surface area contributed by atoms with E-state index in [-0.39, 0.29) is 5.88 Å². The molecule has 1 amide bonds. The summed E-state index contributed by atoms with van der Waals surface area (Å²) in [5.41, 5.74) is -1.05. The molecule has 0 aromatic heterocycles. The number of oxime groups is 1. The lowest BCUT2D eigenvalue weighted by molar-refractivity contribution is -0.176. The maximum absolute atomic E-state index is 10.8. The number of halogens is 1. The summed E-state index contributed by atoms with van der Waals surface area (Å²) in [5, 5.41) is 20.5. The summed E-state index contributed by atoms with van der Waals surface area (Å²) in [4.78, 5) is 10.8. The smallest absolute Gasteiger partial charge is 0.261 e. The number of nitrogens with zero attached hydrogens (tertiary/aromatic N) is 2. The van der Waals surface area contributed by atoms with Crippen molar-refractivity contribution in [1.82, 2.24) is 5.06 Å². The van der Waals surface area contributed by atoms with E-state index in [4.69, 9.17) is 16.8 Å². The molecule has 0 unspecified atom stereocenters. The third-order valence-electron chi connectivity index (χ3n) is 1.27. The number of carbonyl (C=O) groups is 1. The van der Waals surface area contributed by atoms with Gasteiger partial charge in [0.05, 0.1) is 6.21 Å². The van der Waals surface area contributed by atoms with Crippen molar-refractivity contribution in [3.8, 4) is 0 Å². The van der Waals surface area contributed by atoms with E-state index in [9.17, 15) is 10.0 Å². The first-order chi connectivity index (χ1) is 5.45. The Morgan fingerprint density at radius 2 is 2.25 bits per heavy atom. The van der Waals surface area contributed by atoms with Gasteiger partial charge in [-0.15, -0.1) is 11.6 Å². The average molecular weight is 195 g/mol. The number of hydrogen-bond acceptors (Lipinski definition) is 4. The molecule has 0 aliphatic carbocycles. The number of carbonyl (C=O) groups excluding carboxylic acids is 1. The van der Waals surface area contributed by atoms with Gasteiger partial charge in [0.1, 0.15) is 11.4 Å². The highest BCUT2D eigenvalue weighted by molar-refractivity contribution is 6.27. The maximum atomic E-state index is 10.8. The monoisotopic (exact) mass is 194 g/mol. The molecule has 0 aromatic carbocycles. The molecule has 0 atom stereocenters. The molecule has 0 aliphatic heterocycles. The van der Waals surface area contributed by atoms with Gasteiger partial charge >= 0.3 is 0 Å². The Bertz CT molecular complexity index is 193. The van der Waals surface area contributed by atoms with E-state index < -0.39 is 11.4 Å². The molecule has 6 heteroatoms. The lowest BCUT2D eigenvalue weighted by Crippen LogP contribution is -2.47. The molecule has 0 rings (SSSR count). The van der Waals surface area contributed by atoms with Crippen molar-refractivity contribution in [1.29, 1.82) is 0 Å². The molecule has 2 N–H and O–H groups in total. The Kier molecular flexibility index (Phi) is 3.99. The van der Waals surface area contributed by atoms with Gasteiger partial charge in [0.15, 0.2) is 0 Å². The van der Waals surface area contributed by atoms with Crippen LogP contribution in [0.4, 0.5) is 0 Å². The fourth-order valence-electron chi connectivity index (χ4n) is 0.574. The standard InChI is InChI=1S/C6H11ClN2O3/c1-6(2,4-8-11)9(12)5(10)3-7/h4,11-12H,3H2,1-2H3. The van der Waals surface area contributed by atoms with Crippen molar-refractivity contribution in [3.05, 3.63) is 0 Å². The van der Waals surface area contributed by atoms with Crippen LogP contribution in [0.3, 0.4) is 0 Å². The first-order valence-electron chi connectivity index (χ1n) is 3.22. The highest BCUT2D eigenvalue weighted by Crippen LogP contribution is 2.09. The second-order valence-corrected chi connectivity index (χ2v) is 3.00. The van der Waals surface area contributed by atoms with Crippen LogP contribution in [-0.4, -0.2) is 39.0 Å². The molecule has 5 nitrogen and oxygen atoms in total. The van der Waals surface area contributed by atoms with Crippen LogP contribution in [0.2, 0.25) is 0 Å². The maximum Gasteiger partial charge on any atom is 0.261 e. The zero-order valence-electron chi connectivity index (χ0n) is 6.86. The summed E-state index contributed by atoms with van der Waals surface area (Å²) in [6.07, 6.45) is 1.03. The van der Waals surface area contributed by atoms with Gasteiger partial charge in [-0.05, 0) is 13.8 Å². The van der Waals surface area contributed by atoms with Crippen LogP contribution in [0.1, 0.15) is 13.8 Å². The molecule has 0 spiro atoms. The molecular weight excluding hydrogens is 184 g/mol. The van der Waals surface area contributed by atoms with Crippen molar-refractivity contribution in [2.45, 2.75) is 19.4 Å². The normalized spacial score (nSPS) is 12.0. The van der Waals surface area contributed by atoms with Crippen molar-refractivity contribution < 1.29 is 15.2 Å². The third-order valence-corrected chi connectivity index (χ3v) is 1.50. The summed E-state index contributed by atoms with van der Waals surface area (Å²) >= 11 is 5.19. The molecule has 0 bridgehead atoms. The first kappa shape index (κ1) is 11.2. The van der Waals surface area contributed by atoms with E-state index in [0.717, 1.165) is 6.21 Å². The Morgan fingerprint density at radius 1 is 1.75 bits per heavy atom. The average Bonchev–Trinajstić information content (AvgIpc) is 2.01. The molecule has 70 valence electrons. The van der Waals surface area contributed by atoms with Crippen molar-refractivity contribution in [2.24, 2.45) is 5.16 Å². The topological polar surface area (TPSA) is 73.1 Å². The van der Waals surface area contributed by atoms with Gasteiger partial charge in [-0.25, -0.2) is 5.06 Å². The minimum atomic E-state index is -1.05. The quantitative estimate of drug-likeness (QED) is 0.228. The van der Waals surface area contributed by atoms with E-state index in [1.165, 1.54) is 13.8 Å². The molecule has 0 aliphatic rings. The van der Waals surface area contributed by atoms with E-state index in [0.29, 0.717) is 5.06 Å². The molecule has 0 saturated carbocycles. The molecule has 0 aromatic rings. The molecule has 12 heavy (non-hydrogen) atoms. The van der Waals surface area contributed by atoms with Crippen LogP contribution in [0.15, 0.2) is 5.16 Å². The van der Waals surface area contributed by atoms with Gasteiger partial charge in [-0.2, -0.15) is 0 Å². The fourth-order valence-corrected chi connectivity index (χ4v) is 0.687. The Labute approximate surface area is 75.2 Å². The van der Waals surface area contributed by atoms with Crippen molar-refractivity contribution >= 4 is 23.7 Å². The third kappa shape index (κ3) is 2.67. The second kappa shape index (κ2) is 4.27. The fraction of sp³-hybridized carbons (Fsp3) is 0.667. The predicted octanol–water partition coefficient (Wildman–Crippen LogP) is 0.682. The van der Waals surface area contributed by atoms with Gasteiger partial charge in [0, 0.05) is 0 Å². The van der Waals surface area contributed by atoms with Crippen molar-refractivity contribution in [2.75, 3.05) is 5.88 Å². The van der Waals surface area contributed by atoms with Gasteiger partial charge in [0.2, 0.25) is 0 Å². The number of amides is 1. The Hall–Kier alpha value is -0.810.